The van der Waals surface area contributed by atoms with Crippen LogP contribution in [0.1, 0.15) is 16.1 Å². The van der Waals surface area contributed by atoms with Crippen molar-refractivity contribution in [3.63, 3.8) is 0 Å². The highest BCUT2D eigenvalue weighted by Gasteiger charge is 2.36. The lowest BCUT2D eigenvalue weighted by Gasteiger charge is -2.11. The summed E-state index contributed by atoms with van der Waals surface area (Å²) in [5, 5.41) is 10.6. The molecule has 0 N–H and O–H groups in total. The molecule has 1 fully saturated rings. The third-order valence-electron chi connectivity index (χ3n) is 4.09. The predicted octanol–water partition coefficient (Wildman–Crippen LogP) is 3.55. The lowest BCUT2D eigenvalue weighted by molar-refractivity contribution is -0.255. The molecule has 2 amide bonds. The van der Waals surface area contributed by atoms with Gasteiger partial charge in [-0.05, 0) is 47.7 Å². The minimum atomic E-state index is -1.27. The van der Waals surface area contributed by atoms with Crippen molar-refractivity contribution in [2.45, 2.75) is 0 Å². The maximum atomic E-state index is 12.6. The van der Waals surface area contributed by atoms with Crippen LogP contribution in [0.5, 0.6) is 0 Å². The molecule has 0 bridgehead atoms. The van der Waals surface area contributed by atoms with Gasteiger partial charge in [-0.25, -0.2) is 4.90 Å². The normalized spacial score (nSPS) is 15.4. The van der Waals surface area contributed by atoms with Crippen LogP contribution in [-0.2, 0) is 4.79 Å². The largest absolute Gasteiger partial charge is 0.545 e. The van der Waals surface area contributed by atoms with Gasteiger partial charge in [-0.2, -0.15) is 0 Å². The molecule has 4 rings (SSSR count). The average Bonchev–Trinajstić information content (AvgIpc) is 3.27. The van der Waals surface area contributed by atoms with Crippen LogP contribution in [0.2, 0.25) is 0 Å². The fourth-order valence-electron chi connectivity index (χ4n) is 2.78. The van der Waals surface area contributed by atoms with Crippen molar-refractivity contribution in [1.82, 2.24) is 0 Å². The molecule has 3 aromatic rings. The third-order valence-corrected chi connectivity index (χ3v) is 4.96. The first-order chi connectivity index (χ1) is 13.5. The van der Waals surface area contributed by atoms with Crippen molar-refractivity contribution >= 4 is 40.6 Å². The molecule has 6 nitrogen and oxygen atoms in total. The number of benzene rings is 2. The standard InChI is InChI=1S/C21H13NO5S/c23-19-18(28-21(26)22(19)15-7-2-1-3-8-15)12-16-9-10-17(27-16)13-5-4-6-14(11-13)20(24)25/h1-12H,(H,24,25)/p-1/b18-12+. The Balaban J connectivity index is 1.61. The summed E-state index contributed by atoms with van der Waals surface area (Å²) >= 11 is 0.835. The van der Waals surface area contributed by atoms with Gasteiger partial charge in [0.1, 0.15) is 11.5 Å². The van der Waals surface area contributed by atoms with E-state index in [-0.39, 0.29) is 15.7 Å². The monoisotopic (exact) mass is 390 g/mol. The first-order valence-electron chi connectivity index (χ1n) is 8.27. The van der Waals surface area contributed by atoms with Crippen LogP contribution in [0.4, 0.5) is 10.5 Å². The maximum Gasteiger partial charge on any atom is 0.298 e. The van der Waals surface area contributed by atoms with Crippen LogP contribution in [0, 0.1) is 0 Å². The molecular weight excluding hydrogens is 378 g/mol. The van der Waals surface area contributed by atoms with Gasteiger partial charge in [0.05, 0.1) is 16.6 Å². The lowest BCUT2D eigenvalue weighted by atomic mass is 10.1. The van der Waals surface area contributed by atoms with Crippen LogP contribution in [0.25, 0.3) is 17.4 Å². The first kappa shape index (κ1) is 17.8. The summed E-state index contributed by atoms with van der Waals surface area (Å²) in [5.41, 5.74) is 1.12. The molecule has 1 aromatic heterocycles. The number of carbonyl (C=O) groups excluding carboxylic acids is 3. The highest BCUT2D eigenvalue weighted by Crippen LogP contribution is 2.36. The molecule has 0 unspecified atom stereocenters. The van der Waals surface area contributed by atoms with Crippen LogP contribution < -0.4 is 10.0 Å². The van der Waals surface area contributed by atoms with Gasteiger partial charge < -0.3 is 14.3 Å². The van der Waals surface area contributed by atoms with Crippen LogP contribution in [-0.4, -0.2) is 17.1 Å². The maximum absolute atomic E-state index is 12.6. The number of nitrogens with zero attached hydrogens (tertiary/aromatic N) is 1. The Kier molecular flexibility index (Phi) is 4.58. The van der Waals surface area contributed by atoms with E-state index in [2.05, 4.69) is 0 Å². The van der Waals surface area contributed by atoms with Gasteiger partial charge in [0.25, 0.3) is 11.1 Å². The van der Waals surface area contributed by atoms with Crippen LogP contribution in [0.3, 0.4) is 0 Å². The zero-order valence-corrected chi connectivity index (χ0v) is 15.1. The predicted molar refractivity (Wildman–Crippen MR) is 103 cm³/mol. The summed E-state index contributed by atoms with van der Waals surface area (Å²) in [6, 6.07) is 18.2. The highest BCUT2D eigenvalue weighted by atomic mass is 32.2. The Morgan fingerprint density at radius 3 is 2.54 bits per heavy atom. The Morgan fingerprint density at radius 1 is 1.00 bits per heavy atom. The Bertz CT molecular complexity index is 1120. The van der Waals surface area contributed by atoms with E-state index in [1.54, 1.807) is 54.6 Å². The first-order valence-corrected chi connectivity index (χ1v) is 9.09. The number of anilines is 1. The lowest BCUT2D eigenvalue weighted by Crippen LogP contribution is -2.27. The fourth-order valence-corrected chi connectivity index (χ4v) is 3.60. The van der Waals surface area contributed by atoms with E-state index < -0.39 is 11.9 Å². The molecule has 0 atom stereocenters. The molecule has 7 heteroatoms. The summed E-state index contributed by atoms with van der Waals surface area (Å²) in [6.45, 7) is 0. The van der Waals surface area contributed by atoms with Gasteiger partial charge in [0.15, 0.2) is 0 Å². The van der Waals surface area contributed by atoms with Crippen molar-refractivity contribution in [1.29, 1.82) is 0 Å². The molecule has 1 aliphatic heterocycles. The number of para-hydroxylation sites is 1. The van der Waals surface area contributed by atoms with E-state index in [1.165, 1.54) is 18.2 Å². The van der Waals surface area contributed by atoms with E-state index in [4.69, 9.17) is 4.42 Å². The van der Waals surface area contributed by atoms with Crippen LogP contribution in [0.15, 0.2) is 76.1 Å². The smallest absolute Gasteiger partial charge is 0.298 e. The van der Waals surface area contributed by atoms with Gasteiger partial charge >= 0.3 is 0 Å². The molecule has 1 saturated heterocycles. The number of furan rings is 1. The number of thioether (sulfide) groups is 1. The number of aromatic carboxylic acids is 1. The van der Waals surface area contributed by atoms with Crippen molar-refractivity contribution in [2.75, 3.05) is 4.90 Å². The zero-order chi connectivity index (χ0) is 19.7. The van der Waals surface area contributed by atoms with Gasteiger partial charge in [0, 0.05) is 11.6 Å². The summed E-state index contributed by atoms with van der Waals surface area (Å²) < 4.78 is 5.71. The number of amides is 2. The second kappa shape index (κ2) is 7.21. The van der Waals surface area contributed by atoms with Crippen LogP contribution >= 0.6 is 11.8 Å². The molecular formula is C21H12NO5S-. The molecule has 2 aromatic carbocycles. The summed E-state index contributed by atoms with van der Waals surface area (Å²) in [5.74, 6) is -0.870. The molecule has 28 heavy (non-hydrogen) atoms. The van der Waals surface area contributed by atoms with Crippen molar-refractivity contribution in [3.8, 4) is 11.3 Å². The Hall–Kier alpha value is -3.58. The summed E-state index contributed by atoms with van der Waals surface area (Å²) in [4.78, 5) is 37.2. The van der Waals surface area contributed by atoms with Gasteiger partial charge in [-0.3, -0.25) is 9.59 Å². The SMILES string of the molecule is O=C([O-])c1cccc(-c2ccc(/C=C3/SC(=O)N(c4ccccc4)C3=O)o2)c1. The number of imide groups is 1. The average molecular weight is 390 g/mol. The molecule has 0 radical (unpaired) electrons. The second-order valence-electron chi connectivity index (χ2n) is 5.92. The van der Waals surface area contributed by atoms with E-state index in [0.29, 0.717) is 22.8 Å². The summed E-state index contributed by atoms with van der Waals surface area (Å²) in [6.07, 6.45) is 1.50. The molecule has 138 valence electrons. The van der Waals surface area contributed by atoms with Crippen molar-refractivity contribution in [2.24, 2.45) is 0 Å². The van der Waals surface area contributed by atoms with E-state index in [1.807, 2.05) is 0 Å². The van der Waals surface area contributed by atoms with Crippen molar-refractivity contribution in [3.05, 3.63) is 83.0 Å². The molecule has 0 spiro atoms. The Morgan fingerprint density at radius 2 is 1.79 bits per heavy atom. The summed E-state index contributed by atoms with van der Waals surface area (Å²) in [7, 11) is 0. The van der Waals surface area contributed by atoms with E-state index >= 15 is 0 Å². The zero-order valence-electron chi connectivity index (χ0n) is 14.3. The van der Waals surface area contributed by atoms with E-state index in [0.717, 1.165) is 16.7 Å². The number of hydrogen-bond donors (Lipinski definition) is 0. The molecule has 1 aliphatic rings. The topological polar surface area (TPSA) is 90.6 Å². The number of carboxylic acid groups (broad SMARTS) is 1. The minimum Gasteiger partial charge on any atom is -0.545 e. The van der Waals surface area contributed by atoms with Gasteiger partial charge in [-0.15, -0.1) is 0 Å². The number of hydrogen-bond acceptors (Lipinski definition) is 6. The third kappa shape index (κ3) is 3.35. The number of carboxylic acids is 1. The second-order valence-corrected chi connectivity index (χ2v) is 6.92. The van der Waals surface area contributed by atoms with E-state index in [9.17, 15) is 19.5 Å². The van der Waals surface area contributed by atoms with Gasteiger partial charge in [0.2, 0.25) is 0 Å². The number of carbonyl (C=O) groups is 3. The minimum absolute atomic E-state index is 0.0411. The van der Waals surface area contributed by atoms with Gasteiger partial charge in [-0.1, -0.05) is 36.4 Å². The van der Waals surface area contributed by atoms with Crippen molar-refractivity contribution < 1.29 is 23.9 Å². The molecule has 2 heterocycles. The molecule has 0 aliphatic carbocycles. The Labute approximate surface area is 164 Å². The number of rotatable bonds is 4. The molecule has 0 saturated carbocycles. The highest BCUT2D eigenvalue weighted by molar-refractivity contribution is 8.19. The fraction of sp³-hybridized carbons (Fsp3) is 0. The quantitative estimate of drug-likeness (QED) is 0.633.